The second kappa shape index (κ2) is 6.35. The zero-order valence-corrected chi connectivity index (χ0v) is 12.5. The average molecular weight is 285 g/mol. The lowest BCUT2D eigenvalue weighted by atomic mass is 10.2. The highest BCUT2D eigenvalue weighted by molar-refractivity contribution is 5.67. The Balaban J connectivity index is 1.93. The highest BCUT2D eigenvalue weighted by atomic mass is 16.6. The summed E-state index contributed by atoms with van der Waals surface area (Å²) in [6, 6.07) is 9.48. The van der Waals surface area contributed by atoms with Gasteiger partial charge in [-0.25, -0.2) is 4.79 Å². The summed E-state index contributed by atoms with van der Waals surface area (Å²) in [6.45, 7) is 5.87. The average Bonchev–Trinajstić information content (AvgIpc) is 2.45. The SMILES string of the molecule is CC(C)(C)OC(=O)NCc1ccc(-c2ccccn2)nc1. The molecule has 0 radical (unpaired) electrons. The van der Waals surface area contributed by atoms with Crippen LogP contribution in [0, 0.1) is 0 Å². The van der Waals surface area contributed by atoms with Gasteiger partial charge in [-0.15, -0.1) is 0 Å². The number of hydrogen-bond acceptors (Lipinski definition) is 4. The molecule has 2 rings (SSSR count). The van der Waals surface area contributed by atoms with Gasteiger partial charge in [-0.2, -0.15) is 0 Å². The van der Waals surface area contributed by atoms with Crippen molar-refractivity contribution in [2.45, 2.75) is 32.9 Å². The third-order valence-electron chi connectivity index (χ3n) is 2.59. The number of carbonyl (C=O) groups excluding carboxylic acids is 1. The van der Waals surface area contributed by atoms with Gasteiger partial charge in [0, 0.05) is 18.9 Å². The Labute approximate surface area is 124 Å². The van der Waals surface area contributed by atoms with Crippen LogP contribution in [-0.2, 0) is 11.3 Å². The quantitative estimate of drug-likeness (QED) is 0.940. The van der Waals surface area contributed by atoms with Crippen molar-refractivity contribution in [3.8, 4) is 11.4 Å². The zero-order chi connectivity index (χ0) is 15.3. The summed E-state index contributed by atoms with van der Waals surface area (Å²) in [6.07, 6.45) is 3.02. The van der Waals surface area contributed by atoms with Crippen molar-refractivity contribution < 1.29 is 9.53 Å². The fourth-order valence-corrected chi connectivity index (χ4v) is 1.68. The van der Waals surface area contributed by atoms with Crippen LogP contribution in [0.1, 0.15) is 26.3 Å². The molecule has 5 nitrogen and oxygen atoms in total. The highest BCUT2D eigenvalue weighted by Crippen LogP contribution is 2.13. The van der Waals surface area contributed by atoms with Crippen LogP contribution in [0.25, 0.3) is 11.4 Å². The Hall–Kier alpha value is -2.43. The van der Waals surface area contributed by atoms with Crippen LogP contribution in [-0.4, -0.2) is 21.7 Å². The summed E-state index contributed by atoms with van der Waals surface area (Å²) in [4.78, 5) is 20.1. The lowest BCUT2D eigenvalue weighted by Gasteiger charge is -2.19. The van der Waals surface area contributed by atoms with Gasteiger partial charge < -0.3 is 10.1 Å². The maximum absolute atomic E-state index is 11.6. The summed E-state index contributed by atoms with van der Waals surface area (Å²) in [5.74, 6) is 0. The lowest BCUT2D eigenvalue weighted by molar-refractivity contribution is 0.0523. The van der Waals surface area contributed by atoms with Crippen LogP contribution >= 0.6 is 0 Å². The molecule has 21 heavy (non-hydrogen) atoms. The number of rotatable bonds is 3. The molecule has 5 heteroatoms. The summed E-state index contributed by atoms with van der Waals surface area (Å²) < 4.78 is 5.17. The van der Waals surface area contributed by atoms with Crippen LogP contribution < -0.4 is 5.32 Å². The molecule has 0 spiro atoms. The van der Waals surface area contributed by atoms with E-state index in [0.29, 0.717) is 6.54 Å². The third kappa shape index (κ3) is 4.87. The molecule has 0 saturated heterocycles. The molecule has 0 saturated carbocycles. The molecule has 2 heterocycles. The fourth-order valence-electron chi connectivity index (χ4n) is 1.68. The number of aromatic nitrogens is 2. The molecule has 0 aliphatic rings. The largest absolute Gasteiger partial charge is 0.444 e. The molecule has 2 aromatic heterocycles. The van der Waals surface area contributed by atoms with Gasteiger partial charge in [0.15, 0.2) is 0 Å². The van der Waals surface area contributed by atoms with E-state index in [2.05, 4.69) is 15.3 Å². The molecule has 0 atom stereocenters. The summed E-state index contributed by atoms with van der Waals surface area (Å²) in [7, 11) is 0. The maximum Gasteiger partial charge on any atom is 0.407 e. The van der Waals surface area contributed by atoms with Crippen LogP contribution in [0.4, 0.5) is 4.79 Å². The monoisotopic (exact) mass is 285 g/mol. The van der Waals surface area contributed by atoms with Crippen molar-refractivity contribution >= 4 is 6.09 Å². The molecule has 0 aromatic carbocycles. The van der Waals surface area contributed by atoms with Crippen molar-refractivity contribution in [2.24, 2.45) is 0 Å². The van der Waals surface area contributed by atoms with Crippen molar-refractivity contribution in [3.63, 3.8) is 0 Å². The molecule has 0 unspecified atom stereocenters. The van der Waals surface area contributed by atoms with Gasteiger partial charge in [-0.1, -0.05) is 12.1 Å². The molecular weight excluding hydrogens is 266 g/mol. The molecule has 1 N–H and O–H groups in total. The first-order chi connectivity index (χ1) is 9.94. The Kier molecular flexibility index (Phi) is 4.52. The van der Waals surface area contributed by atoms with E-state index in [4.69, 9.17) is 4.74 Å². The van der Waals surface area contributed by atoms with Gasteiger partial charge in [0.05, 0.1) is 11.4 Å². The molecule has 110 valence electrons. The fraction of sp³-hybridized carbons (Fsp3) is 0.312. The van der Waals surface area contributed by atoms with Gasteiger partial charge in [-0.3, -0.25) is 9.97 Å². The van der Waals surface area contributed by atoms with Crippen LogP contribution in [0.5, 0.6) is 0 Å². The Morgan fingerprint density at radius 1 is 1.14 bits per heavy atom. The molecule has 2 aromatic rings. The molecule has 0 aliphatic heterocycles. The zero-order valence-electron chi connectivity index (χ0n) is 12.5. The minimum atomic E-state index is -0.495. The van der Waals surface area contributed by atoms with Crippen LogP contribution in [0.15, 0.2) is 42.7 Å². The Morgan fingerprint density at radius 2 is 1.90 bits per heavy atom. The number of ether oxygens (including phenoxy) is 1. The minimum Gasteiger partial charge on any atom is -0.444 e. The predicted molar refractivity (Wildman–Crippen MR) is 80.5 cm³/mol. The first-order valence-corrected chi connectivity index (χ1v) is 6.77. The number of carbonyl (C=O) groups is 1. The van der Waals surface area contributed by atoms with E-state index in [1.165, 1.54) is 0 Å². The summed E-state index contributed by atoms with van der Waals surface area (Å²) >= 11 is 0. The van der Waals surface area contributed by atoms with Crippen molar-refractivity contribution in [2.75, 3.05) is 0 Å². The van der Waals surface area contributed by atoms with E-state index in [1.807, 2.05) is 51.1 Å². The molecule has 0 fully saturated rings. The predicted octanol–water partition coefficient (Wildman–Crippen LogP) is 3.17. The van der Waals surface area contributed by atoms with E-state index >= 15 is 0 Å². The van der Waals surface area contributed by atoms with Crippen molar-refractivity contribution in [1.29, 1.82) is 0 Å². The third-order valence-corrected chi connectivity index (χ3v) is 2.59. The topological polar surface area (TPSA) is 64.1 Å². The van der Waals surface area contributed by atoms with Gasteiger partial charge in [0.25, 0.3) is 0 Å². The Morgan fingerprint density at radius 3 is 2.48 bits per heavy atom. The first kappa shape index (κ1) is 15.0. The van der Waals surface area contributed by atoms with E-state index in [1.54, 1.807) is 12.4 Å². The van der Waals surface area contributed by atoms with Gasteiger partial charge >= 0.3 is 6.09 Å². The summed E-state index contributed by atoms with van der Waals surface area (Å²) in [5.41, 5.74) is 2.03. The van der Waals surface area contributed by atoms with Crippen molar-refractivity contribution in [1.82, 2.24) is 15.3 Å². The normalized spacial score (nSPS) is 11.0. The summed E-state index contributed by atoms with van der Waals surface area (Å²) in [5, 5.41) is 2.70. The first-order valence-electron chi connectivity index (χ1n) is 6.77. The van der Waals surface area contributed by atoms with Gasteiger partial charge in [0.1, 0.15) is 5.60 Å². The number of nitrogens with one attached hydrogen (secondary N) is 1. The standard InChI is InChI=1S/C16H19N3O2/c1-16(2,3)21-15(20)19-11-12-7-8-14(18-10-12)13-6-4-5-9-17-13/h4-10H,11H2,1-3H3,(H,19,20). The maximum atomic E-state index is 11.6. The lowest BCUT2D eigenvalue weighted by Crippen LogP contribution is -2.32. The highest BCUT2D eigenvalue weighted by Gasteiger charge is 2.15. The van der Waals surface area contributed by atoms with Crippen molar-refractivity contribution in [3.05, 3.63) is 48.3 Å². The number of pyridine rings is 2. The molecule has 1 amide bonds. The minimum absolute atomic E-state index is 0.379. The molecule has 0 bridgehead atoms. The van der Waals surface area contributed by atoms with E-state index in [0.717, 1.165) is 17.0 Å². The number of hydrogen-bond donors (Lipinski definition) is 1. The van der Waals surface area contributed by atoms with Gasteiger partial charge in [0.2, 0.25) is 0 Å². The van der Waals surface area contributed by atoms with Gasteiger partial charge in [-0.05, 0) is 44.5 Å². The van der Waals surface area contributed by atoms with E-state index < -0.39 is 11.7 Å². The second-order valence-corrected chi connectivity index (χ2v) is 5.62. The van der Waals surface area contributed by atoms with E-state index in [9.17, 15) is 4.79 Å². The molecule has 0 aliphatic carbocycles. The van der Waals surface area contributed by atoms with Crippen LogP contribution in [0.3, 0.4) is 0 Å². The Bertz CT molecular complexity index is 589. The molecular formula is C16H19N3O2. The second-order valence-electron chi connectivity index (χ2n) is 5.62. The smallest absolute Gasteiger partial charge is 0.407 e. The number of amides is 1. The van der Waals surface area contributed by atoms with E-state index in [-0.39, 0.29) is 0 Å². The van der Waals surface area contributed by atoms with Crippen LogP contribution in [0.2, 0.25) is 0 Å². The number of nitrogens with zero attached hydrogens (tertiary/aromatic N) is 2. The number of alkyl carbamates (subject to hydrolysis) is 1.